The van der Waals surface area contributed by atoms with Gasteiger partial charge in [-0.2, -0.15) is 0 Å². The van der Waals surface area contributed by atoms with Crippen LogP contribution in [0.1, 0.15) is 39.5 Å². The van der Waals surface area contributed by atoms with E-state index in [1.807, 2.05) is 12.1 Å². The highest BCUT2D eigenvalue weighted by atomic mass is 35.5. The van der Waals surface area contributed by atoms with Crippen molar-refractivity contribution in [1.82, 2.24) is 25.6 Å². The van der Waals surface area contributed by atoms with E-state index in [2.05, 4.69) is 30.9 Å². The van der Waals surface area contributed by atoms with E-state index in [0.717, 1.165) is 23.3 Å². The number of nitrogens with zero attached hydrogens (tertiary/aromatic N) is 3. The minimum absolute atomic E-state index is 0.0457. The Hall–Kier alpha value is -4.10. The third-order valence-electron chi connectivity index (χ3n) is 6.92. The number of hydrogen-bond donors (Lipinski definition) is 4. The number of ether oxygens (including phenoxy) is 1. The molecule has 1 aliphatic rings. The molecule has 1 atom stereocenters. The van der Waals surface area contributed by atoms with Gasteiger partial charge in [-0.25, -0.2) is 9.97 Å². The number of aromatic nitrogens is 3. The molecule has 1 unspecified atom stereocenters. The van der Waals surface area contributed by atoms with Gasteiger partial charge in [-0.15, -0.1) is 11.3 Å². The van der Waals surface area contributed by atoms with Gasteiger partial charge in [0.2, 0.25) is 11.8 Å². The van der Waals surface area contributed by atoms with Gasteiger partial charge in [0.1, 0.15) is 0 Å². The quantitative estimate of drug-likeness (QED) is 0.161. The molecule has 2 amide bonds. The maximum atomic E-state index is 12.9. The van der Waals surface area contributed by atoms with Crippen molar-refractivity contribution in [3.63, 3.8) is 0 Å². The summed E-state index contributed by atoms with van der Waals surface area (Å²) >= 11 is 14.7. The maximum Gasteiger partial charge on any atom is 0.303 e. The van der Waals surface area contributed by atoms with Gasteiger partial charge in [-0.1, -0.05) is 41.4 Å². The number of anilines is 1. The molecule has 4 heterocycles. The molecule has 14 heteroatoms. The van der Waals surface area contributed by atoms with Crippen LogP contribution >= 0.6 is 34.5 Å². The third kappa shape index (κ3) is 7.33. The molecule has 3 aromatic heterocycles. The summed E-state index contributed by atoms with van der Waals surface area (Å²) in [4.78, 5) is 49.1. The van der Waals surface area contributed by atoms with E-state index in [4.69, 9.17) is 33.0 Å². The van der Waals surface area contributed by atoms with E-state index >= 15 is 0 Å². The number of pyridine rings is 2. The third-order valence-corrected chi connectivity index (χ3v) is 8.77. The van der Waals surface area contributed by atoms with Gasteiger partial charge in [0, 0.05) is 59.5 Å². The predicted molar refractivity (Wildman–Crippen MR) is 168 cm³/mol. The first-order chi connectivity index (χ1) is 21.2. The number of carbonyl (C=O) groups is 3. The number of hydrogen-bond acceptors (Lipinski definition) is 9. The molecular formula is C30H28Cl2N6O5S. The summed E-state index contributed by atoms with van der Waals surface area (Å²) in [5.41, 5.74) is 3.29. The number of amides is 2. The lowest BCUT2D eigenvalue weighted by atomic mass is 10.1. The Morgan fingerprint density at radius 2 is 1.98 bits per heavy atom. The number of halogens is 2. The van der Waals surface area contributed by atoms with E-state index in [1.54, 1.807) is 37.6 Å². The zero-order valence-electron chi connectivity index (χ0n) is 23.5. The summed E-state index contributed by atoms with van der Waals surface area (Å²) in [5.74, 6) is -0.873. The first-order valence-corrected chi connectivity index (χ1v) is 15.3. The minimum Gasteiger partial charge on any atom is -0.481 e. The van der Waals surface area contributed by atoms with Crippen molar-refractivity contribution in [1.29, 1.82) is 0 Å². The Bertz CT molecular complexity index is 1720. The van der Waals surface area contributed by atoms with Crippen LogP contribution in [-0.2, 0) is 22.6 Å². The Kier molecular flexibility index (Phi) is 10.1. The smallest absolute Gasteiger partial charge is 0.303 e. The Balaban J connectivity index is 1.33. The molecule has 44 heavy (non-hydrogen) atoms. The van der Waals surface area contributed by atoms with Crippen LogP contribution in [0.15, 0.2) is 48.8 Å². The van der Waals surface area contributed by atoms with Crippen LogP contribution in [0.5, 0.6) is 5.88 Å². The number of nitrogens with one attached hydrogen (secondary N) is 3. The van der Waals surface area contributed by atoms with Crippen molar-refractivity contribution in [2.75, 3.05) is 19.0 Å². The number of carboxylic acid groups (broad SMARTS) is 1. The predicted octanol–water partition coefficient (Wildman–Crippen LogP) is 5.22. The lowest BCUT2D eigenvalue weighted by Gasteiger charge is -2.15. The van der Waals surface area contributed by atoms with E-state index in [1.165, 1.54) is 6.20 Å². The summed E-state index contributed by atoms with van der Waals surface area (Å²) in [6, 6.07) is 10.7. The number of aryl methyl sites for hydroxylation is 1. The van der Waals surface area contributed by atoms with Crippen molar-refractivity contribution in [3.05, 3.63) is 74.3 Å². The minimum atomic E-state index is -0.920. The highest BCUT2D eigenvalue weighted by Gasteiger charge is 2.21. The van der Waals surface area contributed by atoms with Crippen LogP contribution < -0.4 is 20.7 Å². The van der Waals surface area contributed by atoms with Gasteiger partial charge in [-0.05, 0) is 31.0 Å². The zero-order chi connectivity index (χ0) is 31.2. The lowest BCUT2D eigenvalue weighted by molar-refractivity contribution is -0.137. The second kappa shape index (κ2) is 14.1. The van der Waals surface area contributed by atoms with Crippen molar-refractivity contribution in [2.24, 2.45) is 0 Å². The van der Waals surface area contributed by atoms with E-state index in [0.29, 0.717) is 69.9 Å². The molecule has 0 bridgehead atoms. The van der Waals surface area contributed by atoms with Crippen LogP contribution in [0.2, 0.25) is 10.0 Å². The molecule has 0 radical (unpaired) electrons. The Morgan fingerprint density at radius 3 is 2.73 bits per heavy atom. The first-order valence-electron chi connectivity index (χ1n) is 13.7. The van der Waals surface area contributed by atoms with E-state index in [-0.39, 0.29) is 28.4 Å². The number of thiazole rings is 1. The van der Waals surface area contributed by atoms with Gasteiger partial charge in [0.15, 0.2) is 5.01 Å². The number of carbonyl (C=O) groups excluding carboxylic acids is 2. The molecule has 5 rings (SSSR count). The molecule has 1 saturated heterocycles. The zero-order valence-corrected chi connectivity index (χ0v) is 25.9. The number of aliphatic carboxylic acids is 1. The number of methoxy groups -OCH3 is 1. The second-order valence-corrected chi connectivity index (χ2v) is 11.8. The van der Waals surface area contributed by atoms with Crippen molar-refractivity contribution in [3.8, 4) is 28.4 Å². The maximum absolute atomic E-state index is 12.9. The highest BCUT2D eigenvalue weighted by molar-refractivity contribution is 7.13. The summed E-state index contributed by atoms with van der Waals surface area (Å²) < 4.78 is 5.56. The molecule has 0 spiro atoms. The molecule has 0 aliphatic carbocycles. The van der Waals surface area contributed by atoms with Gasteiger partial charge in [-0.3, -0.25) is 19.4 Å². The average molecular weight is 656 g/mol. The summed E-state index contributed by atoms with van der Waals surface area (Å²) in [6.07, 6.45) is 4.71. The lowest BCUT2D eigenvalue weighted by Crippen LogP contribution is -2.35. The van der Waals surface area contributed by atoms with Crippen LogP contribution in [0.3, 0.4) is 0 Å². The van der Waals surface area contributed by atoms with Crippen LogP contribution in [0.4, 0.5) is 5.69 Å². The fourth-order valence-electron chi connectivity index (χ4n) is 4.72. The monoisotopic (exact) mass is 654 g/mol. The summed E-state index contributed by atoms with van der Waals surface area (Å²) in [5, 5.41) is 18.7. The average Bonchev–Trinajstić information content (AvgIpc) is 3.66. The van der Waals surface area contributed by atoms with Crippen molar-refractivity contribution < 1.29 is 24.2 Å². The second-order valence-electron chi connectivity index (χ2n) is 9.97. The standard InChI is InChI=1S/C30H28Cl2N6O5S/c1-43-29-16(13-33-14-17-6-9-23(39)36-17)5-8-21(38-29)19-11-12-34-27(26(19)32)20-3-2-4-22(25(20)31)37-28(42)30-35-15-18(44-30)7-10-24(40)41/h2-5,8,11-12,15,17,33H,6-7,9-10,13-14H2,1H3,(H,36,39)(H,37,42)(H,40,41). The molecule has 1 aliphatic heterocycles. The van der Waals surface area contributed by atoms with Crippen molar-refractivity contribution >= 4 is 58.0 Å². The fraction of sp³-hybridized carbons (Fsp3) is 0.267. The van der Waals surface area contributed by atoms with Crippen LogP contribution in [0, 0.1) is 0 Å². The number of carboxylic acids is 1. The van der Waals surface area contributed by atoms with Gasteiger partial charge >= 0.3 is 5.97 Å². The SMILES string of the molecule is COc1nc(-c2ccnc(-c3cccc(NC(=O)c4ncc(CCC(=O)O)s4)c3Cl)c2Cl)ccc1CNCC1CCC(=O)N1. The largest absolute Gasteiger partial charge is 0.481 e. The van der Waals surface area contributed by atoms with Crippen molar-refractivity contribution in [2.45, 2.75) is 38.3 Å². The molecule has 0 saturated carbocycles. The molecule has 4 aromatic rings. The molecule has 1 aromatic carbocycles. The van der Waals surface area contributed by atoms with Crippen LogP contribution in [0.25, 0.3) is 22.5 Å². The Labute approximate surface area is 267 Å². The summed E-state index contributed by atoms with van der Waals surface area (Å²) in [6.45, 7) is 1.16. The molecule has 228 valence electrons. The fourth-order valence-corrected chi connectivity index (χ4v) is 6.10. The topological polar surface area (TPSA) is 155 Å². The normalized spacial score (nSPS) is 14.3. The highest BCUT2D eigenvalue weighted by Crippen LogP contribution is 2.40. The molecule has 1 fully saturated rings. The van der Waals surface area contributed by atoms with E-state index in [9.17, 15) is 14.4 Å². The molecule has 4 N–H and O–H groups in total. The molecule has 11 nitrogen and oxygen atoms in total. The van der Waals surface area contributed by atoms with Gasteiger partial charge in [0.05, 0.1) is 40.7 Å². The number of benzene rings is 1. The first kappa shape index (κ1) is 31.3. The van der Waals surface area contributed by atoms with Gasteiger partial charge in [0.25, 0.3) is 5.91 Å². The van der Waals surface area contributed by atoms with Crippen LogP contribution in [-0.4, -0.2) is 57.5 Å². The van der Waals surface area contributed by atoms with Gasteiger partial charge < -0.3 is 25.8 Å². The Morgan fingerprint density at radius 1 is 1.14 bits per heavy atom. The molecular weight excluding hydrogens is 627 g/mol. The van der Waals surface area contributed by atoms with E-state index < -0.39 is 11.9 Å². The number of rotatable bonds is 12. The summed E-state index contributed by atoms with van der Waals surface area (Å²) in [7, 11) is 1.55.